The van der Waals surface area contributed by atoms with Crippen LogP contribution in [0, 0.1) is 6.92 Å². The summed E-state index contributed by atoms with van der Waals surface area (Å²) in [5, 5.41) is 1.61. The number of anilines is 1. The second-order valence-corrected chi connectivity index (χ2v) is 5.84. The van der Waals surface area contributed by atoms with E-state index in [1.54, 1.807) is 18.2 Å². The van der Waals surface area contributed by atoms with E-state index >= 15 is 0 Å². The van der Waals surface area contributed by atoms with Gasteiger partial charge < -0.3 is 10.5 Å². The van der Waals surface area contributed by atoms with Gasteiger partial charge in [0.1, 0.15) is 0 Å². The normalized spacial score (nSPS) is 12.2. The number of nitrogens with zero attached hydrogens (tertiary/aromatic N) is 1. The molecule has 0 aliphatic carbocycles. The van der Waals surface area contributed by atoms with E-state index in [1.807, 2.05) is 32.9 Å². The molecule has 27 heavy (non-hydrogen) atoms. The number of rotatable bonds is 8. The van der Waals surface area contributed by atoms with Gasteiger partial charge in [0.05, 0.1) is 24.3 Å². The molecule has 1 rings (SSSR count). The summed E-state index contributed by atoms with van der Waals surface area (Å²) in [6.07, 6.45) is 8.95. The molecule has 0 aromatic heterocycles. The van der Waals surface area contributed by atoms with Crippen molar-refractivity contribution in [3.8, 4) is 0 Å². The molecule has 4 N–H and O–H groups in total. The zero-order valence-corrected chi connectivity index (χ0v) is 18.1. The van der Waals surface area contributed by atoms with E-state index in [9.17, 15) is 0 Å². The maximum atomic E-state index is 6.39. The minimum atomic E-state index is 0.681. The van der Waals surface area contributed by atoms with Gasteiger partial charge in [-0.05, 0) is 67.7 Å². The third-order valence-electron chi connectivity index (χ3n) is 4.32. The minimum Gasteiger partial charge on any atom is -0.501 e. The van der Waals surface area contributed by atoms with Crippen LogP contribution in [0.25, 0.3) is 0 Å². The van der Waals surface area contributed by atoms with Crippen molar-refractivity contribution >= 4 is 5.69 Å². The van der Waals surface area contributed by atoms with Crippen molar-refractivity contribution in [3.63, 3.8) is 0 Å². The van der Waals surface area contributed by atoms with Crippen LogP contribution in [0.1, 0.15) is 51.3 Å². The topological polar surface area (TPSA) is 64.5 Å². The standard InChI is InChI=1S/C21H31N3O.C2H6/c1-7-17(11-10-16(5)25-6)21(14-22)24(23)19-12-15(4)20(9-3)18(8-2)13-19;1-2/h7,10-14H,1,8-9,22-23H2,2-6H3;1-2H3/b16-10+,17-11+,21-14-;. The first-order chi connectivity index (χ1) is 12.9. The van der Waals surface area contributed by atoms with E-state index in [1.165, 1.54) is 22.9 Å². The Labute approximate surface area is 165 Å². The molecular formula is C23H37N3O. The highest BCUT2D eigenvalue weighted by Crippen LogP contribution is 2.27. The van der Waals surface area contributed by atoms with Gasteiger partial charge in [-0.1, -0.05) is 40.3 Å². The van der Waals surface area contributed by atoms with Gasteiger partial charge in [0.15, 0.2) is 0 Å². The van der Waals surface area contributed by atoms with Crippen LogP contribution in [0.3, 0.4) is 0 Å². The highest BCUT2D eigenvalue weighted by atomic mass is 16.5. The van der Waals surface area contributed by atoms with E-state index < -0.39 is 0 Å². The summed E-state index contributed by atoms with van der Waals surface area (Å²) in [5.74, 6) is 7.18. The molecule has 0 saturated heterocycles. The quantitative estimate of drug-likeness (QED) is 0.282. The molecule has 0 aliphatic heterocycles. The van der Waals surface area contributed by atoms with Crippen molar-refractivity contribution in [1.82, 2.24) is 0 Å². The smallest absolute Gasteiger partial charge is 0.0924 e. The first-order valence-electron chi connectivity index (χ1n) is 9.57. The molecule has 1 aromatic rings. The fourth-order valence-electron chi connectivity index (χ4n) is 2.82. The lowest BCUT2D eigenvalue weighted by Crippen LogP contribution is -2.31. The van der Waals surface area contributed by atoms with E-state index in [4.69, 9.17) is 16.3 Å². The number of hydrogen-bond donors (Lipinski definition) is 2. The molecule has 0 unspecified atom stereocenters. The molecular weight excluding hydrogens is 334 g/mol. The molecule has 0 saturated carbocycles. The van der Waals surface area contributed by atoms with Crippen molar-refractivity contribution in [1.29, 1.82) is 0 Å². The second kappa shape index (κ2) is 12.8. The lowest BCUT2D eigenvalue weighted by atomic mass is 9.96. The van der Waals surface area contributed by atoms with Crippen LogP contribution in [0.15, 0.2) is 60.2 Å². The fourth-order valence-corrected chi connectivity index (χ4v) is 2.82. The van der Waals surface area contributed by atoms with Crippen molar-refractivity contribution in [2.45, 2.75) is 54.4 Å². The number of methoxy groups -OCH3 is 1. The molecule has 4 nitrogen and oxygen atoms in total. The lowest BCUT2D eigenvalue weighted by Gasteiger charge is -2.25. The predicted molar refractivity (Wildman–Crippen MR) is 119 cm³/mol. The molecule has 0 bridgehead atoms. The minimum absolute atomic E-state index is 0.681. The van der Waals surface area contributed by atoms with E-state index in [0.717, 1.165) is 29.9 Å². The Morgan fingerprint density at radius 2 is 1.81 bits per heavy atom. The summed E-state index contributed by atoms with van der Waals surface area (Å²) in [4.78, 5) is 0. The van der Waals surface area contributed by atoms with Crippen LogP contribution >= 0.6 is 0 Å². The molecule has 0 amide bonds. The summed E-state index contributed by atoms with van der Waals surface area (Å²) in [6, 6.07) is 4.23. The van der Waals surface area contributed by atoms with Gasteiger partial charge in [-0.15, -0.1) is 0 Å². The number of benzene rings is 1. The maximum absolute atomic E-state index is 6.39. The fraction of sp³-hybridized carbons (Fsp3) is 0.391. The van der Waals surface area contributed by atoms with Crippen LogP contribution in [0.5, 0.6) is 0 Å². The number of allylic oxidation sites excluding steroid dienone is 4. The van der Waals surface area contributed by atoms with E-state index in [0.29, 0.717) is 5.70 Å². The Kier molecular flexibility index (Phi) is 11.7. The van der Waals surface area contributed by atoms with Gasteiger partial charge in [0, 0.05) is 11.8 Å². The molecule has 1 aromatic carbocycles. The summed E-state index contributed by atoms with van der Waals surface area (Å²) >= 11 is 0. The van der Waals surface area contributed by atoms with Crippen LogP contribution in [-0.4, -0.2) is 7.11 Å². The van der Waals surface area contributed by atoms with Crippen LogP contribution in [0.4, 0.5) is 5.69 Å². The Hall–Kier alpha value is -2.46. The highest BCUT2D eigenvalue weighted by molar-refractivity contribution is 5.61. The summed E-state index contributed by atoms with van der Waals surface area (Å²) in [5.41, 5.74) is 12.2. The van der Waals surface area contributed by atoms with Gasteiger partial charge in [-0.3, -0.25) is 5.01 Å². The Balaban J connectivity index is 0.00000326. The molecule has 0 radical (unpaired) electrons. The monoisotopic (exact) mass is 371 g/mol. The Bertz CT molecular complexity index is 700. The highest BCUT2D eigenvalue weighted by Gasteiger charge is 2.14. The van der Waals surface area contributed by atoms with Gasteiger partial charge in [0.2, 0.25) is 0 Å². The summed E-state index contributed by atoms with van der Waals surface area (Å²) in [6.45, 7) is 16.2. The third-order valence-corrected chi connectivity index (χ3v) is 4.32. The number of ether oxygens (including phenoxy) is 1. The number of hydrogen-bond acceptors (Lipinski definition) is 4. The average Bonchev–Trinajstić information content (AvgIpc) is 2.70. The van der Waals surface area contributed by atoms with E-state index in [2.05, 4.69) is 39.5 Å². The average molecular weight is 372 g/mol. The van der Waals surface area contributed by atoms with Gasteiger partial charge >= 0.3 is 0 Å². The predicted octanol–water partition coefficient (Wildman–Crippen LogP) is 5.29. The van der Waals surface area contributed by atoms with Crippen LogP contribution < -0.4 is 16.6 Å². The molecule has 4 heteroatoms. The zero-order valence-electron chi connectivity index (χ0n) is 18.1. The molecule has 0 spiro atoms. The SMILES string of the molecule is C=CC(=C\C=C(/C)OC)/C(=C/N)N(N)c1cc(C)c(CC)c(CC)c1.CC. The van der Waals surface area contributed by atoms with Crippen LogP contribution in [0.2, 0.25) is 0 Å². The molecule has 0 aliphatic rings. The molecule has 0 atom stereocenters. The van der Waals surface area contributed by atoms with Crippen molar-refractivity contribution in [3.05, 3.63) is 76.9 Å². The van der Waals surface area contributed by atoms with E-state index in [-0.39, 0.29) is 0 Å². The van der Waals surface area contributed by atoms with Crippen molar-refractivity contribution < 1.29 is 4.74 Å². The number of hydrazine groups is 1. The molecule has 0 heterocycles. The van der Waals surface area contributed by atoms with Gasteiger partial charge in [0.25, 0.3) is 0 Å². The maximum Gasteiger partial charge on any atom is 0.0924 e. The van der Waals surface area contributed by atoms with Crippen molar-refractivity contribution in [2.24, 2.45) is 11.6 Å². The summed E-state index contributed by atoms with van der Waals surface area (Å²) in [7, 11) is 1.63. The third kappa shape index (κ3) is 6.65. The molecule has 0 fully saturated rings. The number of nitrogens with two attached hydrogens (primary N) is 2. The lowest BCUT2D eigenvalue weighted by molar-refractivity contribution is 0.294. The number of aryl methyl sites for hydroxylation is 2. The first-order valence-corrected chi connectivity index (χ1v) is 9.57. The Morgan fingerprint density at radius 3 is 2.26 bits per heavy atom. The summed E-state index contributed by atoms with van der Waals surface area (Å²) < 4.78 is 5.16. The van der Waals surface area contributed by atoms with Crippen LogP contribution in [-0.2, 0) is 17.6 Å². The second-order valence-electron chi connectivity index (χ2n) is 5.84. The van der Waals surface area contributed by atoms with Gasteiger partial charge in [-0.25, -0.2) is 5.84 Å². The van der Waals surface area contributed by atoms with Gasteiger partial charge in [-0.2, -0.15) is 0 Å². The first kappa shape index (κ1) is 24.5. The molecule has 150 valence electrons. The largest absolute Gasteiger partial charge is 0.501 e. The Morgan fingerprint density at radius 1 is 1.19 bits per heavy atom. The zero-order chi connectivity index (χ0) is 21.0. The van der Waals surface area contributed by atoms with Crippen molar-refractivity contribution in [2.75, 3.05) is 12.1 Å².